The minimum Gasteiger partial charge on any atom is -0.497 e. The van der Waals surface area contributed by atoms with Crippen molar-refractivity contribution in [2.75, 3.05) is 40.9 Å². The summed E-state index contributed by atoms with van der Waals surface area (Å²) in [6.07, 6.45) is 6.76. The lowest BCUT2D eigenvalue weighted by Crippen LogP contribution is -1.99. The van der Waals surface area contributed by atoms with Gasteiger partial charge >= 0.3 is 0 Å². The summed E-state index contributed by atoms with van der Waals surface area (Å²) < 4.78 is 26.8. The van der Waals surface area contributed by atoms with Gasteiger partial charge in [-0.05, 0) is 47.5 Å². The lowest BCUT2D eigenvalue weighted by atomic mass is 10.1. The van der Waals surface area contributed by atoms with E-state index in [1.807, 2.05) is 30.4 Å². The van der Waals surface area contributed by atoms with Gasteiger partial charge in [-0.1, -0.05) is 35.9 Å². The van der Waals surface area contributed by atoms with Crippen LogP contribution in [0.3, 0.4) is 0 Å². The molecule has 0 radical (unpaired) electrons. The van der Waals surface area contributed by atoms with Crippen LogP contribution in [0, 0.1) is 0 Å². The second-order valence-electron chi connectivity index (χ2n) is 7.45. The first kappa shape index (κ1) is 26.5. The van der Waals surface area contributed by atoms with Crippen molar-refractivity contribution in [1.82, 2.24) is 0 Å². The van der Waals surface area contributed by atoms with Crippen LogP contribution in [0.4, 0.5) is 5.69 Å². The molecule has 1 N–H and O–H groups in total. The Morgan fingerprint density at radius 1 is 0.778 bits per heavy atom. The Labute approximate surface area is 215 Å². The van der Waals surface area contributed by atoms with E-state index in [-0.39, 0.29) is 5.78 Å². The number of allylic oxidation sites excluding steroid dienone is 1. The number of methoxy groups -OCH3 is 5. The predicted octanol–water partition coefficient (Wildman–Crippen LogP) is 6.36. The number of ether oxygens (including phenoxy) is 5. The Balaban J connectivity index is 1.85. The van der Waals surface area contributed by atoms with Gasteiger partial charge in [-0.15, -0.1) is 0 Å². The van der Waals surface area contributed by atoms with Crippen LogP contribution in [0.25, 0.3) is 12.2 Å². The summed E-state index contributed by atoms with van der Waals surface area (Å²) in [5.41, 5.74) is 2.77. The van der Waals surface area contributed by atoms with Gasteiger partial charge in [-0.25, -0.2) is 0 Å². The van der Waals surface area contributed by atoms with Crippen molar-refractivity contribution in [3.8, 4) is 28.7 Å². The Morgan fingerprint density at radius 3 is 2.00 bits per heavy atom. The van der Waals surface area contributed by atoms with Crippen molar-refractivity contribution in [3.05, 3.63) is 82.5 Å². The predicted molar refractivity (Wildman–Crippen MR) is 143 cm³/mol. The van der Waals surface area contributed by atoms with E-state index in [0.717, 1.165) is 11.1 Å². The van der Waals surface area contributed by atoms with Gasteiger partial charge in [0.15, 0.2) is 23.0 Å². The lowest BCUT2D eigenvalue weighted by Gasteiger charge is -2.13. The average molecular weight is 510 g/mol. The number of carbonyl (C=O) groups excluding carboxylic acids is 1. The fourth-order valence-corrected chi connectivity index (χ4v) is 3.80. The second-order valence-corrected chi connectivity index (χ2v) is 7.86. The van der Waals surface area contributed by atoms with E-state index >= 15 is 0 Å². The molecule has 3 rings (SSSR count). The molecule has 0 aliphatic rings. The molecule has 0 saturated heterocycles. The quantitative estimate of drug-likeness (QED) is 0.183. The van der Waals surface area contributed by atoms with Crippen LogP contribution in [0.1, 0.15) is 21.5 Å². The highest BCUT2D eigenvalue weighted by Gasteiger charge is 2.13. The molecule has 188 valence electrons. The molecule has 0 aromatic heterocycles. The molecule has 8 heteroatoms. The third-order valence-electron chi connectivity index (χ3n) is 5.25. The van der Waals surface area contributed by atoms with Crippen molar-refractivity contribution >= 4 is 35.2 Å². The smallest absolute Gasteiger partial charge is 0.203 e. The molecule has 0 amide bonds. The van der Waals surface area contributed by atoms with Crippen LogP contribution in [-0.4, -0.2) is 41.3 Å². The van der Waals surface area contributed by atoms with E-state index in [0.29, 0.717) is 45.0 Å². The van der Waals surface area contributed by atoms with E-state index < -0.39 is 0 Å². The summed E-state index contributed by atoms with van der Waals surface area (Å²) in [5, 5.41) is 3.51. The first-order valence-corrected chi connectivity index (χ1v) is 11.3. The fraction of sp³-hybridized carbons (Fsp3) is 0.179. The van der Waals surface area contributed by atoms with Gasteiger partial charge in [0.1, 0.15) is 5.75 Å². The summed E-state index contributed by atoms with van der Waals surface area (Å²) in [6, 6.07) is 14.3. The van der Waals surface area contributed by atoms with Crippen molar-refractivity contribution < 1.29 is 28.5 Å². The fourth-order valence-electron chi connectivity index (χ4n) is 3.50. The van der Waals surface area contributed by atoms with Crippen molar-refractivity contribution in [2.24, 2.45) is 0 Å². The molecule has 36 heavy (non-hydrogen) atoms. The summed E-state index contributed by atoms with van der Waals surface area (Å²) in [5.74, 6) is 2.52. The first-order valence-electron chi connectivity index (χ1n) is 10.9. The lowest BCUT2D eigenvalue weighted by molar-refractivity contribution is 0.104. The van der Waals surface area contributed by atoms with Crippen LogP contribution in [0.5, 0.6) is 28.7 Å². The SMILES string of the molecule is COc1cccc(C(=O)/C=C\Nc2cc(/C=C\c3cc(OC)c(OC)c(OC)c3)cc(Cl)c2OC)c1. The van der Waals surface area contributed by atoms with Gasteiger partial charge in [0.2, 0.25) is 5.75 Å². The molecule has 0 spiro atoms. The Morgan fingerprint density at radius 2 is 1.42 bits per heavy atom. The zero-order valence-electron chi connectivity index (χ0n) is 20.8. The number of carbonyl (C=O) groups is 1. The number of ketones is 1. The van der Waals surface area contributed by atoms with E-state index in [4.69, 9.17) is 35.3 Å². The molecule has 3 aromatic rings. The number of hydrogen-bond acceptors (Lipinski definition) is 7. The molecular formula is C28H28ClNO6. The molecule has 0 heterocycles. The van der Waals surface area contributed by atoms with Crippen LogP contribution >= 0.6 is 11.6 Å². The summed E-state index contributed by atoms with van der Waals surface area (Å²) in [4.78, 5) is 12.5. The molecule has 0 aliphatic carbocycles. The van der Waals surface area contributed by atoms with E-state index in [9.17, 15) is 4.79 Å². The maximum atomic E-state index is 12.5. The summed E-state index contributed by atoms with van der Waals surface area (Å²) in [6.45, 7) is 0. The summed E-state index contributed by atoms with van der Waals surface area (Å²) in [7, 11) is 7.78. The monoisotopic (exact) mass is 509 g/mol. The maximum absolute atomic E-state index is 12.5. The minimum atomic E-state index is -0.176. The molecule has 0 fully saturated rings. The van der Waals surface area contributed by atoms with Crippen molar-refractivity contribution in [1.29, 1.82) is 0 Å². The molecule has 0 atom stereocenters. The second kappa shape index (κ2) is 12.6. The minimum absolute atomic E-state index is 0.176. The molecule has 7 nitrogen and oxygen atoms in total. The molecule has 0 unspecified atom stereocenters. The molecule has 0 aliphatic heterocycles. The Kier molecular flexibility index (Phi) is 9.25. The zero-order valence-corrected chi connectivity index (χ0v) is 21.5. The normalized spacial score (nSPS) is 10.9. The molecule has 3 aromatic carbocycles. The third kappa shape index (κ3) is 6.31. The van der Waals surface area contributed by atoms with E-state index in [1.54, 1.807) is 65.0 Å². The highest BCUT2D eigenvalue weighted by molar-refractivity contribution is 6.32. The van der Waals surface area contributed by atoms with Gasteiger partial charge in [-0.2, -0.15) is 0 Å². The maximum Gasteiger partial charge on any atom is 0.203 e. The first-order chi connectivity index (χ1) is 17.4. The topological polar surface area (TPSA) is 75.3 Å². The van der Waals surface area contributed by atoms with Gasteiger partial charge in [-0.3, -0.25) is 4.79 Å². The number of nitrogens with one attached hydrogen (secondary N) is 1. The largest absolute Gasteiger partial charge is 0.497 e. The highest BCUT2D eigenvalue weighted by Crippen LogP contribution is 2.39. The van der Waals surface area contributed by atoms with Crippen LogP contribution < -0.4 is 29.0 Å². The summed E-state index contributed by atoms with van der Waals surface area (Å²) >= 11 is 6.46. The van der Waals surface area contributed by atoms with Gasteiger partial charge < -0.3 is 29.0 Å². The number of halogens is 1. The van der Waals surface area contributed by atoms with E-state index in [2.05, 4.69) is 5.32 Å². The average Bonchev–Trinajstić information content (AvgIpc) is 2.90. The number of benzene rings is 3. The van der Waals surface area contributed by atoms with Gasteiger partial charge in [0.05, 0.1) is 46.3 Å². The molecular weight excluding hydrogens is 482 g/mol. The van der Waals surface area contributed by atoms with Gasteiger partial charge in [0.25, 0.3) is 0 Å². The number of anilines is 1. The standard InChI is InChI=1S/C28H28ClNO6/c1-32-21-8-6-7-20(17-21)24(31)11-12-30-23-14-18(13-22(29)27(23)35-4)9-10-19-15-25(33-2)28(36-5)26(16-19)34-3/h6-17,30H,1-5H3/b10-9-,12-11-. The van der Waals surface area contributed by atoms with Crippen LogP contribution in [0.2, 0.25) is 5.02 Å². The Bertz CT molecular complexity index is 1260. The number of hydrogen-bond donors (Lipinski definition) is 1. The van der Waals surface area contributed by atoms with Crippen LogP contribution in [0.15, 0.2) is 60.8 Å². The third-order valence-corrected chi connectivity index (χ3v) is 5.53. The van der Waals surface area contributed by atoms with Crippen molar-refractivity contribution in [3.63, 3.8) is 0 Å². The molecule has 0 bridgehead atoms. The van der Waals surface area contributed by atoms with Crippen molar-refractivity contribution in [2.45, 2.75) is 0 Å². The highest BCUT2D eigenvalue weighted by atomic mass is 35.5. The van der Waals surface area contributed by atoms with E-state index in [1.165, 1.54) is 13.2 Å². The van der Waals surface area contributed by atoms with Crippen LogP contribution in [-0.2, 0) is 0 Å². The zero-order chi connectivity index (χ0) is 26.1. The number of rotatable bonds is 11. The molecule has 0 saturated carbocycles. The van der Waals surface area contributed by atoms with Gasteiger partial charge in [0, 0.05) is 17.8 Å². The Hall–Kier alpha value is -4.10.